The van der Waals surface area contributed by atoms with Gasteiger partial charge in [0, 0.05) is 19.1 Å². The van der Waals surface area contributed by atoms with Crippen molar-refractivity contribution in [1.82, 2.24) is 10.2 Å². The van der Waals surface area contributed by atoms with Crippen LogP contribution in [0.1, 0.15) is 18.4 Å². The Labute approximate surface area is 102 Å². The van der Waals surface area contributed by atoms with E-state index in [-0.39, 0.29) is 0 Å². The molecule has 2 aliphatic rings. The lowest BCUT2D eigenvalue weighted by atomic mass is 9.91. The fourth-order valence-electron chi connectivity index (χ4n) is 3.25. The number of aromatic hydroxyl groups is 1. The van der Waals surface area contributed by atoms with Gasteiger partial charge in [-0.1, -0.05) is 12.1 Å². The third kappa shape index (κ3) is 2.31. The van der Waals surface area contributed by atoms with E-state index in [4.69, 9.17) is 0 Å². The molecule has 0 aromatic heterocycles. The van der Waals surface area contributed by atoms with Crippen LogP contribution in [0.4, 0.5) is 0 Å². The molecule has 3 nitrogen and oxygen atoms in total. The summed E-state index contributed by atoms with van der Waals surface area (Å²) >= 11 is 0. The highest BCUT2D eigenvalue weighted by Crippen LogP contribution is 2.28. The second-order valence-electron chi connectivity index (χ2n) is 5.27. The lowest BCUT2D eigenvalue weighted by molar-refractivity contribution is 0.117. The van der Waals surface area contributed by atoms with Crippen LogP contribution in [0.2, 0.25) is 0 Å². The fourth-order valence-corrected chi connectivity index (χ4v) is 3.25. The largest absolute Gasteiger partial charge is 0.508 e. The highest BCUT2D eigenvalue weighted by molar-refractivity contribution is 5.27. The SMILES string of the molecule is Oc1cccc(CN2CCCC3CNCC32)c1. The average Bonchev–Trinajstić information content (AvgIpc) is 2.78. The molecule has 3 rings (SSSR count). The van der Waals surface area contributed by atoms with Crippen molar-refractivity contribution in [3.8, 4) is 5.75 Å². The van der Waals surface area contributed by atoms with Crippen molar-refractivity contribution in [3.05, 3.63) is 29.8 Å². The van der Waals surface area contributed by atoms with E-state index in [1.807, 2.05) is 12.1 Å². The minimum Gasteiger partial charge on any atom is -0.508 e. The normalized spacial score (nSPS) is 29.2. The van der Waals surface area contributed by atoms with Gasteiger partial charge in [0.1, 0.15) is 5.75 Å². The minimum atomic E-state index is 0.376. The van der Waals surface area contributed by atoms with E-state index < -0.39 is 0 Å². The maximum Gasteiger partial charge on any atom is 0.115 e. The van der Waals surface area contributed by atoms with Gasteiger partial charge in [0.2, 0.25) is 0 Å². The van der Waals surface area contributed by atoms with Crippen molar-refractivity contribution in [3.63, 3.8) is 0 Å². The molecule has 2 N–H and O–H groups in total. The van der Waals surface area contributed by atoms with Crippen LogP contribution in [0.5, 0.6) is 5.75 Å². The van der Waals surface area contributed by atoms with Crippen LogP contribution in [0, 0.1) is 5.92 Å². The highest BCUT2D eigenvalue weighted by atomic mass is 16.3. The Morgan fingerprint density at radius 1 is 1.35 bits per heavy atom. The number of phenolic OH excluding ortho intramolecular Hbond substituents is 1. The van der Waals surface area contributed by atoms with E-state index in [0.29, 0.717) is 11.8 Å². The summed E-state index contributed by atoms with van der Waals surface area (Å²) in [5.41, 5.74) is 1.22. The molecule has 2 aliphatic heterocycles. The van der Waals surface area contributed by atoms with Crippen LogP contribution in [0.15, 0.2) is 24.3 Å². The average molecular weight is 232 g/mol. The van der Waals surface area contributed by atoms with Crippen LogP contribution >= 0.6 is 0 Å². The molecule has 2 saturated heterocycles. The van der Waals surface area contributed by atoms with Crippen molar-refractivity contribution in [2.45, 2.75) is 25.4 Å². The monoisotopic (exact) mass is 232 g/mol. The molecular formula is C14H20N2O. The van der Waals surface area contributed by atoms with Crippen LogP contribution < -0.4 is 5.32 Å². The predicted octanol–water partition coefficient (Wildman–Crippen LogP) is 1.58. The van der Waals surface area contributed by atoms with Crippen molar-refractivity contribution in [2.24, 2.45) is 5.92 Å². The maximum absolute atomic E-state index is 9.50. The molecular weight excluding hydrogens is 212 g/mol. The predicted molar refractivity (Wildman–Crippen MR) is 67.9 cm³/mol. The van der Waals surface area contributed by atoms with Crippen LogP contribution in [-0.2, 0) is 6.54 Å². The zero-order chi connectivity index (χ0) is 11.7. The van der Waals surface area contributed by atoms with E-state index in [9.17, 15) is 5.11 Å². The lowest BCUT2D eigenvalue weighted by Crippen LogP contribution is -2.44. The van der Waals surface area contributed by atoms with Crippen molar-refractivity contribution >= 4 is 0 Å². The summed E-state index contributed by atoms with van der Waals surface area (Å²) in [7, 11) is 0. The molecule has 1 aromatic carbocycles. The number of hydrogen-bond donors (Lipinski definition) is 2. The Morgan fingerprint density at radius 3 is 3.18 bits per heavy atom. The Morgan fingerprint density at radius 2 is 2.29 bits per heavy atom. The van der Waals surface area contributed by atoms with Gasteiger partial charge in [0.05, 0.1) is 0 Å². The van der Waals surface area contributed by atoms with E-state index >= 15 is 0 Å². The van der Waals surface area contributed by atoms with Crippen molar-refractivity contribution < 1.29 is 5.11 Å². The summed E-state index contributed by atoms with van der Waals surface area (Å²) in [4.78, 5) is 2.57. The van der Waals surface area contributed by atoms with Gasteiger partial charge in [-0.2, -0.15) is 0 Å². The van der Waals surface area contributed by atoms with Gasteiger partial charge in [-0.25, -0.2) is 0 Å². The Kier molecular flexibility index (Phi) is 3.04. The van der Waals surface area contributed by atoms with Gasteiger partial charge in [0.25, 0.3) is 0 Å². The number of phenols is 1. The summed E-state index contributed by atoms with van der Waals surface area (Å²) < 4.78 is 0. The van der Waals surface area contributed by atoms with Gasteiger partial charge in [0.15, 0.2) is 0 Å². The molecule has 2 unspecified atom stereocenters. The molecule has 0 radical (unpaired) electrons. The summed E-state index contributed by atoms with van der Waals surface area (Å²) in [5.74, 6) is 1.21. The van der Waals surface area contributed by atoms with Gasteiger partial charge in [-0.05, 0) is 49.5 Å². The third-order valence-corrected chi connectivity index (χ3v) is 4.09. The Hall–Kier alpha value is -1.06. The minimum absolute atomic E-state index is 0.376. The molecule has 1 aromatic rings. The topological polar surface area (TPSA) is 35.5 Å². The van der Waals surface area contributed by atoms with Crippen LogP contribution in [0.25, 0.3) is 0 Å². The summed E-state index contributed by atoms with van der Waals surface area (Å²) in [6, 6.07) is 8.35. The van der Waals surface area contributed by atoms with E-state index in [1.165, 1.54) is 31.5 Å². The number of nitrogens with zero attached hydrogens (tertiary/aromatic N) is 1. The first-order valence-electron chi connectivity index (χ1n) is 6.55. The quantitative estimate of drug-likeness (QED) is 0.812. The first kappa shape index (κ1) is 11.1. The molecule has 0 amide bonds. The number of piperidine rings is 1. The first-order chi connectivity index (χ1) is 8.33. The Balaban J connectivity index is 1.71. The molecule has 0 bridgehead atoms. The molecule has 2 atom stereocenters. The molecule has 0 saturated carbocycles. The van der Waals surface area contributed by atoms with Gasteiger partial charge in [-0.15, -0.1) is 0 Å². The summed E-state index contributed by atoms with van der Waals surface area (Å²) in [6.45, 7) is 4.47. The van der Waals surface area contributed by atoms with E-state index in [2.05, 4.69) is 16.3 Å². The molecule has 2 heterocycles. The molecule has 2 fully saturated rings. The second-order valence-corrected chi connectivity index (χ2v) is 5.27. The number of nitrogens with one attached hydrogen (secondary N) is 1. The molecule has 3 heteroatoms. The molecule has 0 aliphatic carbocycles. The number of fused-ring (bicyclic) bond motifs is 1. The van der Waals surface area contributed by atoms with Gasteiger partial charge < -0.3 is 10.4 Å². The smallest absolute Gasteiger partial charge is 0.115 e. The Bertz CT molecular complexity index is 394. The summed E-state index contributed by atoms with van der Waals surface area (Å²) in [5, 5.41) is 13.0. The van der Waals surface area contributed by atoms with Crippen molar-refractivity contribution in [1.29, 1.82) is 0 Å². The van der Waals surface area contributed by atoms with Crippen LogP contribution in [0.3, 0.4) is 0 Å². The van der Waals surface area contributed by atoms with Gasteiger partial charge >= 0.3 is 0 Å². The van der Waals surface area contributed by atoms with E-state index in [0.717, 1.165) is 19.0 Å². The third-order valence-electron chi connectivity index (χ3n) is 4.09. The summed E-state index contributed by atoms with van der Waals surface area (Å²) in [6.07, 6.45) is 2.68. The number of rotatable bonds is 2. The zero-order valence-corrected chi connectivity index (χ0v) is 10.1. The first-order valence-corrected chi connectivity index (χ1v) is 6.55. The molecule has 0 spiro atoms. The second kappa shape index (κ2) is 4.67. The number of benzene rings is 1. The number of likely N-dealkylation sites (tertiary alicyclic amines) is 1. The molecule has 17 heavy (non-hydrogen) atoms. The fraction of sp³-hybridized carbons (Fsp3) is 0.571. The lowest BCUT2D eigenvalue weighted by Gasteiger charge is -2.37. The number of hydrogen-bond acceptors (Lipinski definition) is 3. The van der Waals surface area contributed by atoms with Crippen LogP contribution in [-0.4, -0.2) is 35.7 Å². The highest BCUT2D eigenvalue weighted by Gasteiger charge is 2.34. The zero-order valence-electron chi connectivity index (χ0n) is 10.1. The van der Waals surface area contributed by atoms with Crippen molar-refractivity contribution in [2.75, 3.05) is 19.6 Å². The standard InChI is InChI=1S/C14H20N2O/c17-13-5-1-3-11(7-13)10-16-6-2-4-12-8-15-9-14(12)16/h1,3,5,7,12,14-15,17H,2,4,6,8-10H2. The molecule has 92 valence electrons. The van der Waals surface area contributed by atoms with Gasteiger partial charge in [-0.3, -0.25) is 4.90 Å². The van der Waals surface area contributed by atoms with E-state index in [1.54, 1.807) is 6.07 Å². The maximum atomic E-state index is 9.50.